The lowest BCUT2D eigenvalue weighted by Crippen LogP contribution is -2.45. The van der Waals surface area contributed by atoms with Crippen molar-refractivity contribution in [2.75, 3.05) is 39.4 Å². The van der Waals surface area contributed by atoms with Crippen LogP contribution in [0.2, 0.25) is 0 Å². The SMILES string of the molecule is CCNC(CN1CC(C)C(C)C1)C1CCOC1. The third-order valence-electron chi connectivity index (χ3n) is 4.52. The van der Waals surface area contributed by atoms with Crippen molar-refractivity contribution in [3.8, 4) is 0 Å². The molecule has 0 spiro atoms. The average Bonchev–Trinajstić information content (AvgIpc) is 2.89. The van der Waals surface area contributed by atoms with E-state index in [1.165, 1.54) is 26.1 Å². The molecule has 3 nitrogen and oxygen atoms in total. The molecule has 4 atom stereocenters. The van der Waals surface area contributed by atoms with Crippen LogP contribution in [0.1, 0.15) is 27.2 Å². The number of likely N-dealkylation sites (N-methyl/N-ethyl adjacent to an activating group) is 1. The fraction of sp³-hybridized carbons (Fsp3) is 1.00. The van der Waals surface area contributed by atoms with Gasteiger partial charge in [0.15, 0.2) is 0 Å². The minimum absolute atomic E-state index is 0.625. The fourth-order valence-electron chi connectivity index (χ4n) is 3.19. The van der Waals surface area contributed by atoms with Crippen molar-refractivity contribution < 1.29 is 4.74 Å². The first-order valence-corrected chi connectivity index (χ1v) is 7.24. The monoisotopic (exact) mass is 240 g/mol. The highest BCUT2D eigenvalue weighted by Gasteiger charge is 2.31. The first kappa shape index (κ1) is 13.3. The molecule has 2 fully saturated rings. The van der Waals surface area contributed by atoms with Crippen LogP contribution in [-0.4, -0.2) is 50.3 Å². The minimum Gasteiger partial charge on any atom is -0.381 e. The number of hydrogen-bond donors (Lipinski definition) is 1. The molecule has 2 rings (SSSR count). The standard InChI is InChI=1S/C14H28N2O/c1-4-15-14(13-5-6-17-10-13)9-16-7-11(2)12(3)8-16/h11-15H,4-10H2,1-3H3. The number of nitrogens with zero attached hydrogens (tertiary/aromatic N) is 1. The van der Waals surface area contributed by atoms with E-state index in [1.54, 1.807) is 0 Å². The van der Waals surface area contributed by atoms with Crippen LogP contribution < -0.4 is 5.32 Å². The Morgan fingerprint density at radius 2 is 2.00 bits per heavy atom. The minimum atomic E-state index is 0.625. The highest BCUT2D eigenvalue weighted by atomic mass is 16.5. The summed E-state index contributed by atoms with van der Waals surface area (Å²) in [4.78, 5) is 2.64. The average molecular weight is 240 g/mol. The zero-order valence-electron chi connectivity index (χ0n) is 11.6. The Morgan fingerprint density at radius 3 is 2.53 bits per heavy atom. The number of nitrogens with one attached hydrogen (secondary N) is 1. The van der Waals surface area contributed by atoms with Crippen LogP contribution in [0.15, 0.2) is 0 Å². The Kier molecular flexibility index (Phi) is 4.83. The van der Waals surface area contributed by atoms with Crippen molar-refractivity contribution >= 4 is 0 Å². The molecular weight excluding hydrogens is 212 g/mol. The van der Waals surface area contributed by atoms with Crippen LogP contribution >= 0.6 is 0 Å². The number of likely N-dealkylation sites (tertiary alicyclic amines) is 1. The van der Waals surface area contributed by atoms with E-state index in [1.807, 2.05) is 0 Å². The Morgan fingerprint density at radius 1 is 1.29 bits per heavy atom. The van der Waals surface area contributed by atoms with E-state index in [4.69, 9.17) is 4.74 Å². The zero-order valence-corrected chi connectivity index (χ0v) is 11.6. The Bertz CT molecular complexity index is 218. The molecule has 2 aliphatic heterocycles. The Labute approximate surface area is 106 Å². The van der Waals surface area contributed by atoms with Gasteiger partial charge >= 0.3 is 0 Å². The molecule has 4 unspecified atom stereocenters. The fourth-order valence-corrected chi connectivity index (χ4v) is 3.19. The van der Waals surface area contributed by atoms with Gasteiger partial charge < -0.3 is 15.0 Å². The van der Waals surface area contributed by atoms with Crippen molar-refractivity contribution in [3.05, 3.63) is 0 Å². The quantitative estimate of drug-likeness (QED) is 0.790. The van der Waals surface area contributed by atoms with E-state index in [-0.39, 0.29) is 0 Å². The van der Waals surface area contributed by atoms with Crippen molar-refractivity contribution in [3.63, 3.8) is 0 Å². The maximum atomic E-state index is 5.53. The van der Waals surface area contributed by atoms with Gasteiger partial charge in [0.2, 0.25) is 0 Å². The van der Waals surface area contributed by atoms with Crippen molar-refractivity contribution in [2.24, 2.45) is 17.8 Å². The predicted octanol–water partition coefficient (Wildman–Crippen LogP) is 1.59. The summed E-state index contributed by atoms with van der Waals surface area (Å²) < 4.78 is 5.53. The number of ether oxygens (including phenoxy) is 1. The summed E-state index contributed by atoms with van der Waals surface area (Å²) in [5.41, 5.74) is 0. The second-order valence-electron chi connectivity index (χ2n) is 5.96. The predicted molar refractivity (Wildman–Crippen MR) is 71.2 cm³/mol. The molecule has 0 aromatic carbocycles. The van der Waals surface area contributed by atoms with Gasteiger partial charge in [-0.25, -0.2) is 0 Å². The second kappa shape index (κ2) is 6.17. The summed E-state index contributed by atoms with van der Waals surface area (Å²) in [6.07, 6.45) is 1.23. The summed E-state index contributed by atoms with van der Waals surface area (Å²) >= 11 is 0. The highest BCUT2D eigenvalue weighted by molar-refractivity contribution is 4.86. The van der Waals surface area contributed by atoms with Gasteiger partial charge in [0.25, 0.3) is 0 Å². The summed E-state index contributed by atoms with van der Waals surface area (Å²) in [6.45, 7) is 13.7. The van der Waals surface area contributed by atoms with E-state index in [0.29, 0.717) is 6.04 Å². The van der Waals surface area contributed by atoms with E-state index < -0.39 is 0 Å². The molecule has 2 heterocycles. The first-order chi connectivity index (χ1) is 8.20. The van der Waals surface area contributed by atoms with Gasteiger partial charge in [-0.1, -0.05) is 20.8 Å². The van der Waals surface area contributed by atoms with Gasteiger partial charge in [-0.3, -0.25) is 0 Å². The molecule has 0 radical (unpaired) electrons. The molecule has 17 heavy (non-hydrogen) atoms. The summed E-state index contributed by atoms with van der Waals surface area (Å²) in [5.74, 6) is 2.44. The molecule has 1 N–H and O–H groups in total. The van der Waals surface area contributed by atoms with Crippen LogP contribution in [0.3, 0.4) is 0 Å². The maximum absolute atomic E-state index is 5.53. The highest BCUT2D eigenvalue weighted by Crippen LogP contribution is 2.24. The molecule has 3 heteroatoms. The molecule has 0 aliphatic carbocycles. The molecule has 2 aliphatic rings. The van der Waals surface area contributed by atoms with Gasteiger partial charge in [0, 0.05) is 38.2 Å². The Balaban J connectivity index is 1.84. The van der Waals surface area contributed by atoms with Gasteiger partial charge in [-0.15, -0.1) is 0 Å². The lowest BCUT2D eigenvalue weighted by Gasteiger charge is -2.28. The number of rotatable bonds is 5. The first-order valence-electron chi connectivity index (χ1n) is 7.24. The summed E-state index contributed by atoms with van der Waals surface area (Å²) in [6, 6.07) is 0.625. The lowest BCUT2D eigenvalue weighted by atomic mass is 9.98. The molecule has 2 saturated heterocycles. The van der Waals surface area contributed by atoms with Crippen LogP contribution in [0.25, 0.3) is 0 Å². The smallest absolute Gasteiger partial charge is 0.0510 e. The Hall–Kier alpha value is -0.120. The van der Waals surface area contributed by atoms with Crippen LogP contribution in [0.4, 0.5) is 0 Å². The topological polar surface area (TPSA) is 24.5 Å². The van der Waals surface area contributed by atoms with Crippen molar-refractivity contribution in [2.45, 2.75) is 33.2 Å². The van der Waals surface area contributed by atoms with E-state index >= 15 is 0 Å². The molecule has 0 bridgehead atoms. The van der Waals surface area contributed by atoms with E-state index in [0.717, 1.165) is 37.5 Å². The number of hydrogen-bond acceptors (Lipinski definition) is 3. The molecule has 100 valence electrons. The van der Waals surface area contributed by atoms with Gasteiger partial charge in [0.1, 0.15) is 0 Å². The van der Waals surface area contributed by atoms with E-state index in [2.05, 4.69) is 31.0 Å². The van der Waals surface area contributed by atoms with Crippen LogP contribution in [0, 0.1) is 17.8 Å². The molecular formula is C14H28N2O. The normalized spacial score (nSPS) is 36.5. The van der Waals surface area contributed by atoms with E-state index in [9.17, 15) is 0 Å². The summed E-state index contributed by atoms with van der Waals surface area (Å²) in [7, 11) is 0. The van der Waals surface area contributed by atoms with Crippen molar-refractivity contribution in [1.82, 2.24) is 10.2 Å². The lowest BCUT2D eigenvalue weighted by molar-refractivity contribution is 0.166. The van der Waals surface area contributed by atoms with Crippen molar-refractivity contribution in [1.29, 1.82) is 0 Å². The molecule has 0 aromatic rings. The van der Waals surface area contributed by atoms with Crippen LogP contribution in [-0.2, 0) is 4.74 Å². The third kappa shape index (κ3) is 3.43. The van der Waals surface area contributed by atoms with Gasteiger partial charge in [-0.2, -0.15) is 0 Å². The zero-order chi connectivity index (χ0) is 12.3. The maximum Gasteiger partial charge on any atom is 0.0510 e. The molecule has 0 aromatic heterocycles. The van der Waals surface area contributed by atoms with Crippen LogP contribution in [0.5, 0.6) is 0 Å². The van der Waals surface area contributed by atoms with Gasteiger partial charge in [-0.05, 0) is 24.8 Å². The van der Waals surface area contributed by atoms with Gasteiger partial charge in [0.05, 0.1) is 6.61 Å². The second-order valence-corrected chi connectivity index (χ2v) is 5.96. The largest absolute Gasteiger partial charge is 0.381 e. The third-order valence-corrected chi connectivity index (χ3v) is 4.52. The molecule has 0 saturated carbocycles. The summed E-state index contributed by atoms with van der Waals surface area (Å²) in [5, 5.41) is 3.66. The molecule has 0 amide bonds.